The van der Waals surface area contributed by atoms with Crippen molar-refractivity contribution < 1.29 is 4.79 Å². The first-order valence-electron chi connectivity index (χ1n) is 8.75. The van der Waals surface area contributed by atoms with Crippen molar-refractivity contribution in [2.45, 2.75) is 27.2 Å². The highest BCUT2D eigenvalue weighted by atomic mass is 16.1. The first kappa shape index (κ1) is 17.2. The third-order valence-electron chi connectivity index (χ3n) is 4.83. The van der Waals surface area contributed by atoms with Gasteiger partial charge >= 0.3 is 0 Å². The average molecular weight is 328 g/mol. The van der Waals surface area contributed by atoms with Gasteiger partial charge in [-0.25, -0.2) is 0 Å². The number of Topliss-reactive ketones (excluding diaryl/α,β-unsaturated/α-hetero) is 1. The van der Waals surface area contributed by atoms with Crippen LogP contribution in [-0.4, -0.2) is 5.78 Å². The van der Waals surface area contributed by atoms with Crippen LogP contribution in [0.5, 0.6) is 0 Å². The summed E-state index contributed by atoms with van der Waals surface area (Å²) in [6.07, 6.45) is 0.742. The van der Waals surface area contributed by atoms with Crippen LogP contribution in [0.3, 0.4) is 0 Å². The molecule has 0 aliphatic rings. The molecule has 1 atom stereocenters. The number of carbonyl (C=O) groups is 1. The lowest BCUT2D eigenvalue weighted by Gasteiger charge is -2.16. The van der Waals surface area contributed by atoms with E-state index in [0.29, 0.717) is 0 Å². The Labute approximate surface area is 150 Å². The number of benzene rings is 3. The molecule has 0 saturated carbocycles. The van der Waals surface area contributed by atoms with Gasteiger partial charge in [0, 0.05) is 11.5 Å². The van der Waals surface area contributed by atoms with Crippen LogP contribution in [0.15, 0.2) is 67.2 Å². The van der Waals surface area contributed by atoms with Gasteiger partial charge in [0.1, 0.15) is 0 Å². The van der Waals surface area contributed by atoms with Gasteiger partial charge in [0.05, 0.1) is 0 Å². The lowest BCUT2D eigenvalue weighted by atomic mass is 9.87. The number of hydrogen-bond acceptors (Lipinski definition) is 1. The van der Waals surface area contributed by atoms with Gasteiger partial charge in [-0.15, -0.1) is 0 Å². The number of rotatable bonds is 5. The Morgan fingerprint density at radius 1 is 0.960 bits per heavy atom. The molecule has 0 spiro atoms. The molecule has 1 unspecified atom stereocenters. The van der Waals surface area contributed by atoms with Crippen molar-refractivity contribution in [2.75, 3.05) is 0 Å². The molecule has 3 aromatic carbocycles. The zero-order valence-corrected chi connectivity index (χ0v) is 15.2. The van der Waals surface area contributed by atoms with E-state index in [1.165, 1.54) is 21.9 Å². The maximum atomic E-state index is 13.1. The van der Waals surface area contributed by atoms with Crippen molar-refractivity contribution in [1.29, 1.82) is 0 Å². The fraction of sp³-hybridized carbons (Fsp3) is 0.208. The predicted molar refractivity (Wildman–Crippen MR) is 107 cm³/mol. The smallest absolute Gasteiger partial charge is 0.166 e. The Morgan fingerprint density at radius 3 is 2.28 bits per heavy atom. The SMILES string of the molecule is C=C(C)c1ccccc1C(=O)C(C)Cc1cccc2cccc(C)c12. The van der Waals surface area contributed by atoms with Gasteiger partial charge in [-0.2, -0.15) is 0 Å². The van der Waals surface area contributed by atoms with Crippen molar-refractivity contribution in [3.05, 3.63) is 89.5 Å². The summed E-state index contributed by atoms with van der Waals surface area (Å²) < 4.78 is 0. The minimum absolute atomic E-state index is 0.0780. The lowest BCUT2D eigenvalue weighted by Crippen LogP contribution is -2.16. The van der Waals surface area contributed by atoms with E-state index in [9.17, 15) is 4.79 Å². The summed E-state index contributed by atoms with van der Waals surface area (Å²) >= 11 is 0. The molecule has 0 radical (unpaired) electrons. The predicted octanol–water partition coefficient (Wildman–Crippen LogP) is 6.24. The van der Waals surface area contributed by atoms with E-state index >= 15 is 0 Å². The molecule has 126 valence electrons. The summed E-state index contributed by atoms with van der Waals surface area (Å²) in [4.78, 5) is 13.1. The van der Waals surface area contributed by atoms with Crippen molar-refractivity contribution in [1.82, 2.24) is 0 Å². The Hall–Kier alpha value is -2.67. The van der Waals surface area contributed by atoms with E-state index in [1.54, 1.807) is 0 Å². The summed E-state index contributed by atoms with van der Waals surface area (Å²) in [5, 5.41) is 2.51. The summed E-state index contributed by atoms with van der Waals surface area (Å²) in [7, 11) is 0. The molecule has 0 saturated heterocycles. The minimum atomic E-state index is -0.0780. The van der Waals surface area contributed by atoms with E-state index in [1.807, 2.05) is 38.1 Å². The molecule has 0 N–H and O–H groups in total. The summed E-state index contributed by atoms with van der Waals surface area (Å²) in [5.41, 5.74) is 5.16. The number of carbonyl (C=O) groups excluding carboxylic acids is 1. The molecule has 3 rings (SSSR count). The van der Waals surface area contributed by atoms with Gasteiger partial charge in [0.25, 0.3) is 0 Å². The normalized spacial score (nSPS) is 12.1. The third-order valence-corrected chi connectivity index (χ3v) is 4.83. The highest BCUT2D eigenvalue weighted by Gasteiger charge is 2.19. The van der Waals surface area contributed by atoms with Crippen LogP contribution < -0.4 is 0 Å². The topological polar surface area (TPSA) is 17.1 Å². The Bertz CT molecular complexity index is 944. The van der Waals surface area contributed by atoms with Gasteiger partial charge in [-0.05, 0) is 47.7 Å². The van der Waals surface area contributed by atoms with Crippen LogP contribution >= 0.6 is 0 Å². The van der Waals surface area contributed by atoms with E-state index in [2.05, 4.69) is 49.9 Å². The quantitative estimate of drug-likeness (QED) is 0.506. The molecule has 25 heavy (non-hydrogen) atoms. The Morgan fingerprint density at radius 2 is 1.60 bits per heavy atom. The second kappa shape index (κ2) is 7.06. The molecule has 3 aromatic rings. The number of hydrogen-bond donors (Lipinski definition) is 0. The molecule has 1 heteroatoms. The number of aryl methyl sites for hydroxylation is 1. The van der Waals surface area contributed by atoms with E-state index in [4.69, 9.17) is 0 Å². The first-order valence-corrected chi connectivity index (χ1v) is 8.75. The lowest BCUT2D eigenvalue weighted by molar-refractivity contribution is 0.0929. The van der Waals surface area contributed by atoms with Crippen molar-refractivity contribution in [3.8, 4) is 0 Å². The molecule has 0 aliphatic heterocycles. The van der Waals surface area contributed by atoms with Gasteiger partial charge < -0.3 is 0 Å². The maximum absolute atomic E-state index is 13.1. The number of ketones is 1. The molecular formula is C24H24O. The van der Waals surface area contributed by atoms with Gasteiger partial charge in [0.2, 0.25) is 0 Å². The summed E-state index contributed by atoms with van der Waals surface area (Å²) in [6, 6.07) is 20.5. The fourth-order valence-corrected chi connectivity index (χ4v) is 3.55. The van der Waals surface area contributed by atoms with Crippen LogP contribution in [0.4, 0.5) is 0 Å². The molecule has 0 aliphatic carbocycles. The molecular weight excluding hydrogens is 304 g/mol. The molecule has 0 amide bonds. The van der Waals surface area contributed by atoms with Gasteiger partial charge in [-0.1, -0.05) is 79.7 Å². The van der Waals surface area contributed by atoms with Crippen LogP contribution in [0.25, 0.3) is 16.3 Å². The number of allylic oxidation sites excluding steroid dienone is 1. The van der Waals surface area contributed by atoms with Crippen molar-refractivity contribution in [2.24, 2.45) is 5.92 Å². The fourth-order valence-electron chi connectivity index (χ4n) is 3.55. The second-order valence-electron chi connectivity index (χ2n) is 6.89. The average Bonchev–Trinajstić information content (AvgIpc) is 2.61. The van der Waals surface area contributed by atoms with Gasteiger partial charge in [-0.3, -0.25) is 4.79 Å². The summed E-state index contributed by atoms with van der Waals surface area (Å²) in [6.45, 7) is 10.1. The van der Waals surface area contributed by atoms with Crippen LogP contribution in [0.2, 0.25) is 0 Å². The van der Waals surface area contributed by atoms with Gasteiger partial charge in [0.15, 0.2) is 5.78 Å². The minimum Gasteiger partial charge on any atom is -0.294 e. The monoisotopic (exact) mass is 328 g/mol. The molecule has 0 aromatic heterocycles. The highest BCUT2D eigenvalue weighted by Crippen LogP contribution is 2.27. The third kappa shape index (κ3) is 3.41. The van der Waals surface area contributed by atoms with E-state index in [0.717, 1.165) is 23.1 Å². The van der Waals surface area contributed by atoms with Crippen LogP contribution in [0, 0.1) is 12.8 Å². The largest absolute Gasteiger partial charge is 0.294 e. The molecule has 0 fully saturated rings. The zero-order valence-electron chi connectivity index (χ0n) is 15.2. The standard InChI is InChI=1S/C24H24O/c1-16(2)21-13-5-6-14-22(21)24(25)18(4)15-20-12-8-11-19-10-7-9-17(3)23(19)20/h5-14,18H,1,15H2,2-4H3. The molecule has 0 bridgehead atoms. The first-order chi connectivity index (χ1) is 12.0. The van der Waals surface area contributed by atoms with E-state index in [-0.39, 0.29) is 11.7 Å². The number of fused-ring (bicyclic) bond motifs is 1. The zero-order chi connectivity index (χ0) is 18.0. The van der Waals surface area contributed by atoms with Crippen molar-refractivity contribution in [3.63, 3.8) is 0 Å². The summed E-state index contributed by atoms with van der Waals surface area (Å²) in [5.74, 6) is 0.106. The maximum Gasteiger partial charge on any atom is 0.166 e. The molecule has 0 heterocycles. The Kier molecular flexibility index (Phi) is 4.85. The second-order valence-corrected chi connectivity index (χ2v) is 6.89. The van der Waals surface area contributed by atoms with Crippen LogP contribution in [0.1, 0.15) is 40.9 Å². The van der Waals surface area contributed by atoms with Crippen molar-refractivity contribution >= 4 is 22.1 Å². The molecule has 1 nitrogen and oxygen atoms in total. The van der Waals surface area contributed by atoms with E-state index < -0.39 is 0 Å². The highest BCUT2D eigenvalue weighted by molar-refractivity contribution is 6.02. The Balaban J connectivity index is 1.95. The van der Waals surface area contributed by atoms with Crippen LogP contribution in [-0.2, 0) is 6.42 Å².